The van der Waals surface area contributed by atoms with E-state index in [1.54, 1.807) is 17.8 Å². The minimum absolute atomic E-state index is 0.0931. The lowest BCUT2D eigenvalue weighted by Gasteiger charge is -2.29. The van der Waals surface area contributed by atoms with Gasteiger partial charge in [-0.2, -0.15) is 5.10 Å². The van der Waals surface area contributed by atoms with Gasteiger partial charge < -0.3 is 5.32 Å². The van der Waals surface area contributed by atoms with E-state index in [0.717, 1.165) is 24.0 Å². The maximum Gasteiger partial charge on any atom is 0.242 e. The molecular formula is C14H21N5O2S. The first-order valence-corrected chi connectivity index (χ1v) is 8.89. The van der Waals surface area contributed by atoms with Gasteiger partial charge in [-0.05, 0) is 31.9 Å². The molecule has 2 N–H and O–H groups in total. The largest absolute Gasteiger partial charge is 0.315 e. The molecule has 0 amide bonds. The number of hydrogen-bond acceptors (Lipinski definition) is 5. The minimum atomic E-state index is -3.58. The molecule has 2 atom stereocenters. The second-order valence-electron chi connectivity index (χ2n) is 5.95. The van der Waals surface area contributed by atoms with Gasteiger partial charge in [0.15, 0.2) is 5.65 Å². The number of fused-ring (bicyclic) bond motifs is 1. The normalized spacial score (nSPS) is 23.0. The Kier molecular flexibility index (Phi) is 3.92. The van der Waals surface area contributed by atoms with Crippen LogP contribution in [0.5, 0.6) is 0 Å². The molecule has 1 aliphatic heterocycles. The third-order valence-electron chi connectivity index (χ3n) is 4.28. The van der Waals surface area contributed by atoms with Crippen molar-refractivity contribution in [3.05, 3.63) is 18.0 Å². The summed E-state index contributed by atoms with van der Waals surface area (Å²) in [7, 11) is -1.79. The van der Waals surface area contributed by atoms with Crippen molar-refractivity contribution < 1.29 is 8.42 Å². The lowest BCUT2D eigenvalue weighted by atomic mass is 9.96. The van der Waals surface area contributed by atoms with Crippen LogP contribution in [0.4, 0.5) is 0 Å². The van der Waals surface area contributed by atoms with E-state index >= 15 is 0 Å². The number of nitrogens with zero attached hydrogens (tertiary/aromatic N) is 3. The highest BCUT2D eigenvalue weighted by atomic mass is 32.2. The van der Waals surface area contributed by atoms with Crippen LogP contribution in [0.15, 0.2) is 17.2 Å². The van der Waals surface area contributed by atoms with Crippen molar-refractivity contribution in [2.24, 2.45) is 13.0 Å². The minimum Gasteiger partial charge on any atom is -0.315 e. The fourth-order valence-corrected chi connectivity index (χ4v) is 4.17. The second kappa shape index (κ2) is 5.60. The number of aryl methyl sites for hydroxylation is 2. The monoisotopic (exact) mass is 323 g/mol. The number of aromatic nitrogens is 3. The van der Waals surface area contributed by atoms with Crippen molar-refractivity contribution in [3.8, 4) is 0 Å². The van der Waals surface area contributed by atoms with E-state index in [1.165, 1.54) is 6.20 Å². The van der Waals surface area contributed by atoms with Crippen molar-refractivity contribution in [1.29, 1.82) is 0 Å². The summed E-state index contributed by atoms with van der Waals surface area (Å²) in [5.74, 6) is 0.313. The maximum absolute atomic E-state index is 12.6. The van der Waals surface area contributed by atoms with E-state index < -0.39 is 10.0 Å². The zero-order valence-corrected chi connectivity index (χ0v) is 13.8. The average molecular weight is 323 g/mol. The number of rotatable bonds is 3. The van der Waals surface area contributed by atoms with E-state index in [1.807, 2.05) is 6.92 Å². The first kappa shape index (κ1) is 15.4. The predicted octanol–water partition coefficient (Wildman–Crippen LogP) is 0.553. The topological polar surface area (TPSA) is 88.9 Å². The lowest BCUT2D eigenvalue weighted by molar-refractivity contribution is 0.327. The van der Waals surface area contributed by atoms with Gasteiger partial charge in [0, 0.05) is 31.2 Å². The summed E-state index contributed by atoms with van der Waals surface area (Å²) in [6, 6.07) is 1.55. The van der Waals surface area contributed by atoms with Gasteiger partial charge in [-0.15, -0.1) is 0 Å². The Morgan fingerprint density at radius 1 is 1.45 bits per heavy atom. The molecule has 0 radical (unpaired) electrons. The van der Waals surface area contributed by atoms with Crippen LogP contribution in [0.25, 0.3) is 11.0 Å². The second-order valence-corrected chi connectivity index (χ2v) is 7.66. The summed E-state index contributed by atoms with van der Waals surface area (Å²) in [4.78, 5) is 4.43. The van der Waals surface area contributed by atoms with Crippen molar-refractivity contribution in [3.63, 3.8) is 0 Å². The van der Waals surface area contributed by atoms with Gasteiger partial charge in [0.1, 0.15) is 4.90 Å². The molecule has 0 aliphatic carbocycles. The molecule has 3 rings (SSSR count). The first-order chi connectivity index (χ1) is 10.4. The average Bonchev–Trinajstić information content (AvgIpc) is 2.76. The zero-order valence-electron chi connectivity index (χ0n) is 13.0. The van der Waals surface area contributed by atoms with Crippen molar-refractivity contribution in [2.45, 2.75) is 31.2 Å². The lowest BCUT2D eigenvalue weighted by Crippen LogP contribution is -2.50. The molecule has 8 heteroatoms. The number of hydrogen-bond donors (Lipinski definition) is 2. The van der Waals surface area contributed by atoms with Gasteiger partial charge in [0.2, 0.25) is 10.0 Å². The Bertz CT molecular complexity index is 799. The molecule has 7 nitrogen and oxygen atoms in total. The summed E-state index contributed by atoms with van der Waals surface area (Å²) in [5, 5.41) is 8.26. The Hall–Kier alpha value is -1.51. The van der Waals surface area contributed by atoms with E-state index in [2.05, 4.69) is 27.0 Å². The first-order valence-electron chi connectivity index (χ1n) is 7.41. The third kappa shape index (κ3) is 2.73. The van der Waals surface area contributed by atoms with Gasteiger partial charge in [-0.25, -0.2) is 18.1 Å². The van der Waals surface area contributed by atoms with Crippen molar-refractivity contribution >= 4 is 21.1 Å². The summed E-state index contributed by atoms with van der Waals surface area (Å²) in [6.45, 7) is 5.51. The van der Waals surface area contributed by atoms with E-state index in [0.29, 0.717) is 18.1 Å². The molecule has 0 spiro atoms. The van der Waals surface area contributed by atoms with Crippen LogP contribution in [-0.4, -0.2) is 42.3 Å². The quantitative estimate of drug-likeness (QED) is 0.861. The van der Waals surface area contributed by atoms with Gasteiger partial charge in [0.05, 0.1) is 5.69 Å². The Morgan fingerprint density at radius 3 is 2.95 bits per heavy atom. The fourth-order valence-electron chi connectivity index (χ4n) is 2.85. The third-order valence-corrected chi connectivity index (χ3v) is 5.74. The molecule has 1 fully saturated rings. The Morgan fingerprint density at radius 2 is 2.23 bits per heavy atom. The summed E-state index contributed by atoms with van der Waals surface area (Å²) in [6.07, 6.45) is 2.36. The molecule has 2 unspecified atom stereocenters. The molecule has 2 aromatic heterocycles. The molecule has 0 saturated carbocycles. The van der Waals surface area contributed by atoms with Crippen LogP contribution in [0, 0.1) is 12.8 Å². The molecule has 22 heavy (non-hydrogen) atoms. The van der Waals surface area contributed by atoms with Crippen molar-refractivity contribution in [2.75, 3.05) is 13.1 Å². The molecule has 1 aliphatic rings. The summed E-state index contributed by atoms with van der Waals surface area (Å²) < 4.78 is 29.7. The highest BCUT2D eigenvalue weighted by Crippen LogP contribution is 2.20. The van der Waals surface area contributed by atoms with Crippen LogP contribution in [0.2, 0.25) is 0 Å². The van der Waals surface area contributed by atoms with E-state index in [-0.39, 0.29) is 10.9 Å². The van der Waals surface area contributed by atoms with Gasteiger partial charge in [0.25, 0.3) is 0 Å². The Labute approximate surface area is 130 Å². The number of nitrogens with one attached hydrogen (secondary N) is 2. The van der Waals surface area contributed by atoms with Crippen LogP contribution < -0.4 is 10.0 Å². The summed E-state index contributed by atoms with van der Waals surface area (Å²) >= 11 is 0. The molecule has 2 aromatic rings. The van der Waals surface area contributed by atoms with E-state index in [9.17, 15) is 8.42 Å². The molecule has 3 heterocycles. The van der Waals surface area contributed by atoms with Crippen LogP contribution in [-0.2, 0) is 17.1 Å². The molecule has 1 saturated heterocycles. The standard InChI is InChI=1S/C14H21N5O2S/c1-9-4-5-15-8-13(9)18-22(20,21)11-6-12-10(2)17-19(3)14(12)16-7-11/h6-7,9,13,15,18H,4-5,8H2,1-3H3. The van der Waals surface area contributed by atoms with E-state index in [4.69, 9.17) is 0 Å². The molecule has 120 valence electrons. The SMILES string of the molecule is Cc1nn(C)c2ncc(S(=O)(=O)NC3CNCCC3C)cc12. The number of pyridine rings is 1. The van der Waals surface area contributed by atoms with Gasteiger partial charge in [-0.3, -0.25) is 4.68 Å². The van der Waals surface area contributed by atoms with Crippen LogP contribution in [0.3, 0.4) is 0 Å². The van der Waals surface area contributed by atoms with Crippen LogP contribution >= 0.6 is 0 Å². The van der Waals surface area contributed by atoms with Crippen molar-refractivity contribution in [1.82, 2.24) is 24.8 Å². The highest BCUT2D eigenvalue weighted by Gasteiger charge is 2.27. The smallest absolute Gasteiger partial charge is 0.242 e. The predicted molar refractivity (Wildman–Crippen MR) is 84.0 cm³/mol. The molecule has 0 aromatic carbocycles. The number of piperidine rings is 1. The molecule has 0 bridgehead atoms. The fraction of sp³-hybridized carbons (Fsp3) is 0.571. The summed E-state index contributed by atoms with van der Waals surface area (Å²) in [5.41, 5.74) is 1.46. The Balaban J connectivity index is 1.93. The number of sulfonamides is 1. The van der Waals surface area contributed by atoms with Gasteiger partial charge >= 0.3 is 0 Å². The van der Waals surface area contributed by atoms with Gasteiger partial charge in [-0.1, -0.05) is 6.92 Å². The highest BCUT2D eigenvalue weighted by molar-refractivity contribution is 7.89. The zero-order chi connectivity index (χ0) is 15.9. The molecular weight excluding hydrogens is 302 g/mol. The van der Waals surface area contributed by atoms with Crippen LogP contribution in [0.1, 0.15) is 19.0 Å². The maximum atomic E-state index is 12.6.